The Labute approximate surface area is 127 Å². The molecular weight excluding hydrogens is 316 g/mol. The smallest absolute Gasteiger partial charge is 0.133 e. The number of halogens is 1. The van der Waals surface area contributed by atoms with Gasteiger partial charge in [-0.3, -0.25) is 4.98 Å². The largest absolute Gasteiger partial charge is 0.496 e. The Kier molecular flexibility index (Phi) is 3.76. The molecule has 0 spiro atoms. The summed E-state index contributed by atoms with van der Waals surface area (Å²) in [4.78, 5) is 4.53. The molecule has 2 atom stereocenters. The first-order chi connectivity index (χ1) is 9.70. The van der Waals surface area contributed by atoms with Gasteiger partial charge >= 0.3 is 0 Å². The molecule has 0 saturated carbocycles. The number of fused-ring (bicyclic) bond motifs is 1. The summed E-state index contributed by atoms with van der Waals surface area (Å²) in [5.41, 5.74) is 10.1. The molecule has 2 unspecified atom stereocenters. The minimum Gasteiger partial charge on any atom is -0.496 e. The van der Waals surface area contributed by atoms with Crippen molar-refractivity contribution in [3.63, 3.8) is 0 Å². The minimum absolute atomic E-state index is 0.0339. The third-order valence-electron chi connectivity index (χ3n) is 4.00. The van der Waals surface area contributed by atoms with E-state index in [2.05, 4.69) is 27.0 Å². The van der Waals surface area contributed by atoms with Crippen LogP contribution in [0.1, 0.15) is 35.2 Å². The van der Waals surface area contributed by atoms with Gasteiger partial charge in [0.1, 0.15) is 5.75 Å². The second-order valence-corrected chi connectivity index (χ2v) is 5.97. The normalized spacial score (nSPS) is 18.6. The maximum absolute atomic E-state index is 6.47. The quantitative estimate of drug-likeness (QED) is 0.934. The number of benzene rings is 1. The van der Waals surface area contributed by atoms with Crippen LogP contribution in [-0.2, 0) is 6.42 Å². The molecule has 0 bridgehead atoms. The number of nitrogens with zero attached hydrogens (tertiary/aromatic N) is 1. The molecule has 0 amide bonds. The van der Waals surface area contributed by atoms with Crippen LogP contribution in [0, 0.1) is 0 Å². The van der Waals surface area contributed by atoms with Crippen molar-refractivity contribution in [2.45, 2.75) is 24.8 Å². The Morgan fingerprint density at radius 1 is 1.40 bits per heavy atom. The molecule has 3 rings (SSSR count). The maximum Gasteiger partial charge on any atom is 0.133 e. The molecule has 0 radical (unpaired) electrons. The lowest BCUT2D eigenvalue weighted by atomic mass is 9.91. The van der Waals surface area contributed by atoms with Gasteiger partial charge in [-0.2, -0.15) is 0 Å². The number of hydrogen-bond donors (Lipinski definition) is 1. The molecule has 2 aromatic rings. The highest BCUT2D eigenvalue weighted by Crippen LogP contribution is 2.40. The first kappa shape index (κ1) is 13.6. The topological polar surface area (TPSA) is 48.1 Å². The molecule has 2 N–H and O–H groups in total. The van der Waals surface area contributed by atoms with Crippen molar-refractivity contribution < 1.29 is 4.74 Å². The van der Waals surface area contributed by atoms with Crippen LogP contribution in [0.4, 0.5) is 0 Å². The van der Waals surface area contributed by atoms with Gasteiger partial charge in [0, 0.05) is 23.9 Å². The van der Waals surface area contributed by atoms with Crippen LogP contribution in [0.5, 0.6) is 5.75 Å². The molecule has 1 aliphatic rings. The van der Waals surface area contributed by atoms with Crippen LogP contribution < -0.4 is 10.5 Å². The summed E-state index contributed by atoms with van der Waals surface area (Å²) in [6, 6.07) is 10.1. The summed E-state index contributed by atoms with van der Waals surface area (Å²) in [5, 5.41) is 0. The van der Waals surface area contributed by atoms with Gasteiger partial charge in [-0.15, -0.1) is 0 Å². The minimum atomic E-state index is -0.0339. The van der Waals surface area contributed by atoms with Crippen molar-refractivity contribution in [1.82, 2.24) is 4.98 Å². The van der Waals surface area contributed by atoms with Crippen molar-refractivity contribution in [2.24, 2.45) is 5.73 Å². The number of aryl methyl sites for hydroxylation is 1. The predicted octanol–water partition coefficient (Wildman–Crippen LogP) is 3.58. The monoisotopic (exact) mass is 332 g/mol. The number of aromatic nitrogens is 1. The van der Waals surface area contributed by atoms with Gasteiger partial charge in [0.05, 0.1) is 11.6 Å². The average molecular weight is 333 g/mol. The fraction of sp³-hybridized carbons (Fsp3) is 0.312. The van der Waals surface area contributed by atoms with Gasteiger partial charge in [0.15, 0.2) is 0 Å². The zero-order chi connectivity index (χ0) is 14.1. The van der Waals surface area contributed by atoms with Crippen LogP contribution in [-0.4, -0.2) is 12.1 Å². The van der Waals surface area contributed by atoms with Gasteiger partial charge in [-0.05, 0) is 58.1 Å². The Balaban J connectivity index is 1.90. The van der Waals surface area contributed by atoms with Crippen molar-refractivity contribution in [3.05, 3.63) is 57.8 Å². The number of hydrogen-bond acceptors (Lipinski definition) is 3. The molecule has 0 saturated heterocycles. The van der Waals surface area contributed by atoms with Gasteiger partial charge < -0.3 is 10.5 Å². The van der Waals surface area contributed by atoms with E-state index in [0.717, 1.165) is 34.3 Å². The fourth-order valence-corrected chi connectivity index (χ4v) is 3.47. The van der Waals surface area contributed by atoms with Crippen molar-refractivity contribution in [2.75, 3.05) is 7.11 Å². The molecule has 4 heteroatoms. The van der Waals surface area contributed by atoms with Gasteiger partial charge in [0.2, 0.25) is 0 Å². The number of nitrogens with two attached hydrogens (primary N) is 1. The lowest BCUT2D eigenvalue weighted by Gasteiger charge is -2.20. The predicted molar refractivity (Wildman–Crippen MR) is 82.9 cm³/mol. The van der Waals surface area contributed by atoms with E-state index in [1.807, 2.05) is 30.5 Å². The van der Waals surface area contributed by atoms with E-state index in [-0.39, 0.29) is 6.04 Å². The number of pyridine rings is 1. The second-order valence-electron chi connectivity index (χ2n) is 5.11. The molecular formula is C16H17BrN2O. The zero-order valence-corrected chi connectivity index (χ0v) is 12.9. The summed E-state index contributed by atoms with van der Waals surface area (Å²) in [6.07, 6.45) is 3.99. The van der Waals surface area contributed by atoms with E-state index in [9.17, 15) is 0 Å². The van der Waals surface area contributed by atoms with Gasteiger partial charge in [0.25, 0.3) is 0 Å². The van der Waals surface area contributed by atoms with Crippen LogP contribution in [0.15, 0.2) is 41.0 Å². The molecule has 1 heterocycles. The van der Waals surface area contributed by atoms with Crippen molar-refractivity contribution in [1.29, 1.82) is 0 Å². The van der Waals surface area contributed by atoms with Crippen LogP contribution in [0.2, 0.25) is 0 Å². The summed E-state index contributed by atoms with van der Waals surface area (Å²) in [5.74, 6) is 1.12. The Morgan fingerprint density at radius 3 is 3.00 bits per heavy atom. The fourth-order valence-electron chi connectivity index (χ4n) is 2.92. The van der Waals surface area contributed by atoms with E-state index in [1.54, 1.807) is 7.11 Å². The molecule has 0 fully saturated rings. The third-order valence-corrected chi connectivity index (χ3v) is 4.62. The van der Waals surface area contributed by atoms with Crippen LogP contribution in [0.25, 0.3) is 0 Å². The van der Waals surface area contributed by atoms with E-state index in [4.69, 9.17) is 10.5 Å². The van der Waals surface area contributed by atoms with E-state index >= 15 is 0 Å². The SMILES string of the molecule is COc1ccc(C(N)C2CCc3cccnc32)cc1Br. The second kappa shape index (κ2) is 5.54. The highest BCUT2D eigenvalue weighted by Gasteiger charge is 2.29. The number of methoxy groups -OCH3 is 1. The molecule has 1 aromatic heterocycles. The summed E-state index contributed by atoms with van der Waals surface area (Å²) in [7, 11) is 1.66. The number of ether oxygens (including phenoxy) is 1. The Bertz CT molecular complexity index is 630. The van der Waals surface area contributed by atoms with Crippen LogP contribution in [0.3, 0.4) is 0 Å². The van der Waals surface area contributed by atoms with Gasteiger partial charge in [-0.25, -0.2) is 0 Å². The molecule has 1 aromatic carbocycles. The molecule has 3 nitrogen and oxygen atoms in total. The summed E-state index contributed by atoms with van der Waals surface area (Å²) < 4.78 is 6.20. The lowest BCUT2D eigenvalue weighted by Crippen LogP contribution is -2.19. The average Bonchev–Trinajstić information content (AvgIpc) is 2.90. The lowest BCUT2D eigenvalue weighted by molar-refractivity contribution is 0.411. The molecule has 1 aliphatic carbocycles. The summed E-state index contributed by atoms with van der Waals surface area (Å²) >= 11 is 3.52. The zero-order valence-electron chi connectivity index (χ0n) is 11.3. The molecule has 0 aliphatic heterocycles. The van der Waals surface area contributed by atoms with Crippen LogP contribution >= 0.6 is 15.9 Å². The molecule has 20 heavy (non-hydrogen) atoms. The standard InChI is InChI=1S/C16H17BrN2O/c1-20-14-7-5-11(9-13(14)17)15(18)12-6-4-10-3-2-8-19-16(10)12/h2-3,5,7-9,12,15H,4,6,18H2,1H3. The first-order valence-corrected chi connectivity index (χ1v) is 7.53. The third kappa shape index (κ3) is 2.34. The first-order valence-electron chi connectivity index (χ1n) is 6.73. The van der Waals surface area contributed by atoms with E-state index < -0.39 is 0 Å². The van der Waals surface area contributed by atoms with Gasteiger partial charge in [-0.1, -0.05) is 12.1 Å². The van der Waals surface area contributed by atoms with E-state index in [1.165, 1.54) is 5.56 Å². The Hall–Kier alpha value is -1.39. The molecule has 104 valence electrons. The van der Waals surface area contributed by atoms with Crippen molar-refractivity contribution in [3.8, 4) is 5.75 Å². The summed E-state index contributed by atoms with van der Waals surface area (Å²) in [6.45, 7) is 0. The highest BCUT2D eigenvalue weighted by atomic mass is 79.9. The number of rotatable bonds is 3. The van der Waals surface area contributed by atoms with E-state index in [0.29, 0.717) is 5.92 Å². The highest BCUT2D eigenvalue weighted by molar-refractivity contribution is 9.10. The maximum atomic E-state index is 6.47. The Morgan fingerprint density at radius 2 is 2.25 bits per heavy atom. The van der Waals surface area contributed by atoms with Crippen molar-refractivity contribution >= 4 is 15.9 Å².